The molecule has 98 valence electrons. The summed E-state index contributed by atoms with van der Waals surface area (Å²) in [5.74, 6) is 0.386. The zero-order chi connectivity index (χ0) is 13.4. The van der Waals surface area contributed by atoms with E-state index >= 15 is 0 Å². The molecule has 18 heavy (non-hydrogen) atoms. The molecule has 0 fully saturated rings. The van der Waals surface area contributed by atoms with Crippen molar-refractivity contribution in [3.8, 4) is 6.07 Å². The molecule has 2 atom stereocenters. The highest BCUT2D eigenvalue weighted by Crippen LogP contribution is 2.13. The Labute approximate surface area is 109 Å². The van der Waals surface area contributed by atoms with E-state index in [1.54, 1.807) is 0 Å². The third-order valence-corrected chi connectivity index (χ3v) is 3.18. The van der Waals surface area contributed by atoms with Gasteiger partial charge in [0.1, 0.15) is 0 Å². The van der Waals surface area contributed by atoms with Crippen molar-refractivity contribution in [1.29, 1.82) is 5.26 Å². The van der Waals surface area contributed by atoms with Crippen LogP contribution < -0.4 is 5.32 Å². The summed E-state index contributed by atoms with van der Waals surface area (Å²) in [4.78, 5) is 0. The van der Waals surface area contributed by atoms with Crippen molar-refractivity contribution in [3.63, 3.8) is 0 Å². The van der Waals surface area contributed by atoms with Gasteiger partial charge in [0, 0.05) is 12.6 Å². The summed E-state index contributed by atoms with van der Waals surface area (Å²) < 4.78 is 0. The fourth-order valence-corrected chi connectivity index (χ4v) is 1.82. The number of rotatable bonds is 7. The number of aliphatic hydroxyl groups is 1. The van der Waals surface area contributed by atoms with Gasteiger partial charge < -0.3 is 10.4 Å². The predicted octanol–water partition coefficient (Wildman–Crippen LogP) is 2.62. The first kappa shape index (κ1) is 14.7. The lowest BCUT2D eigenvalue weighted by Crippen LogP contribution is -2.20. The van der Waals surface area contributed by atoms with Crippen LogP contribution >= 0.6 is 0 Å². The van der Waals surface area contributed by atoms with Crippen LogP contribution in [0.5, 0.6) is 0 Å². The van der Waals surface area contributed by atoms with Crippen molar-refractivity contribution in [1.82, 2.24) is 5.32 Å². The molecule has 0 aliphatic carbocycles. The number of nitriles is 1. The average Bonchev–Trinajstić information content (AvgIpc) is 2.43. The number of nitrogens with zero attached hydrogens (tertiary/aromatic N) is 1. The number of benzene rings is 1. The summed E-state index contributed by atoms with van der Waals surface area (Å²) in [7, 11) is 0. The summed E-state index contributed by atoms with van der Waals surface area (Å²) in [6.07, 6.45) is 2.12. The Morgan fingerprint density at radius 3 is 2.50 bits per heavy atom. The Hall–Kier alpha value is -1.37. The third kappa shape index (κ3) is 4.87. The first-order valence-electron chi connectivity index (χ1n) is 6.51. The van der Waals surface area contributed by atoms with Crippen LogP contribution in [0.25, 0.3) is 0 Å². The first-order valence-corrected chi connectivity index (χ1v) is 6.51. The van der Waals surface area contributed by atoms with E-state index < -0.39 is 0 Å². The van der Waals surface area contributed by atoms with Crippen LogP contribution in [0.1, 0.15) is 43.9 Å². The van der Waals surface area contributed by atoms with Gasteiger partial charge in [-0.15, -0.1) is 0 Å². The number of aliphatic hydroxyl groups excluding tert-OH is 1. The van der Waals surface area contributed by atoms with E-state index in [2.05, 4.69) is 25.2 Å². The maximum absolute atomic E-state index is 8.92. The third-order valence-electron chi connectivity index (χ3n) is 3.18. The molecule has 0 aliphatic heterocycles. The van der Waals surface area contributed by atoms with E-state index in [4.69, 9.17) is 10.4 Å². The molecule has 0 saturated carbocycles. The van der Waals surface area contributed by atoms with E-state index in [0.29, 0.717) is 17.5 Å². The molecule has 0 aliphatic rings. The molecule has 3 heteroatoms. The van der Waals surface area contributed by atoms with Crippen LogP contribution in [0.15, 0.2) is 24.3 Å². The Morgan fingerprint density at radius 1 is 1.28 bits per heavy atom. The van der Waals surface area contributed by atoms with Crippen LogP contribution in [0.3, 0.4) is 0 Å². The molecular formula is C15H22N2O. The monoisotopic (exact) mass is 246 g/mol. The van der Waals surface area contributed by atoms with Crippen molar-refractivity contribution >= 4 is 0 Å². The highest BCUT2D eigenvalue weighted by atomic mass is 16.3. The van der Waals surface area contributed by atoms with E-state index in [0.717, 1.165) is 19.4 Å². The van der Waals surface area contributed by atoms with Crippen molar-refractivity contribution < 1.29 is 5.11 Å². The smallest absolute Gasteiger partial charge is 0.0991 e. The van der Waals surface area contributed by atoms with Crippen molar-refractivity contribution in [2.45, 2.75) is 32.7 Å². The SMILES string of the molecule is CC(CO)CCCNC(C)c1ccc(C#N)cc1. The minimum atomic E-state index is 0.269. The Kier molecular flexibility index (Phi) is 6.42. The Morgan fingerprint density at radius 2 is 1.94 bits per heavy atom. The molecular weight excluding hydrogens is 224 g/mol. The van der Waals surface area contributed by atoms with Gasteiger partial charge in [0.15, 0.2) is 0 Å². The van der Waals surface area contributed by atoms with Gasteiger partial charge in [0.05, 0.1) is 11.6 Å². The van der Waals surface area contributed by atoms with Crippen LogP contribution in [0.4, 0.5) is 0 Å². The van der Waals surface area contributed by atoms with Crippen LogP contribution in [0, 0.1) is 17.2 Å². The van der Waals surface area contributed by atoms with Gasteiger partial charge in [0.2, 0.25) is 0 Å². The molecule has 1 aromatic carbocycles. The Balaban J connectivity index is 2.32. The fourth-order valence-electron chi connectivity index (χ4n) is 1.82. The molecule has 0 saturated heterocycles. The van der Waals surface area contributed by atoms with Crippen molar-refractivity contribution in [3.05, 3.63) is 35.4 Å². The fraction of sp³-hybridized carbons (Fsp3) is 0.533. The predicted molar refractivity (Wildman–Crippen MR) is 73.1 cm³/mol. The molecule has 1 rings (SSSR count). The van der Waals surface area contributed by atoms with Gasteiger partial charge in [0.25, 0.3) is 0 Å². The minimum absolute atomic E-state index is 0.269. The molecule has 1 aromatic rings. The van der Waals surface area contributed by atoms with E-state index in [9.17, 15) is 0 Å². The second kappa shape index (κ2) is 7.86. The molecule has 0 radical (unpaired) electrons. The van der Waals surface area contributed by atoms with Crippen molar-refractivity contribution in [2.75, 3.05) is 13.2 Å². The van der Waals surface area contributed by atoms with Crippen LogP contribution in [-0.4, -0.2) is 18.3 Å². The highest BCUT2D eigenvalue weighted by Gasteiger charge is 2.05. The molecule has 3 nitrogen and oxygen atoms in total. The van der Waals surface area contributed by atoms with Crippen LogP contribution in [-0.2, 0) is 0 Å². The quantitative estimate of drug-likeness (QED) is 0.727. The normalized spacial score (nSPS) is 13.9. The summed E-state index contributed by atoms with van der Waals surface area (Å²) in [5, 5.41) is 21.1. The lowest BCUT2D eigenvalue weighted by Gasteiger charge is -2.15. The van der Waals surface area contributed by atoms with Gasteiger partial charge in [-0.1, -0.05) is 19.1 Å². The number of hydrogen-bond donors (Lipinski definition) is 2. The largest absolute Gasteiger partial charge is 0.396 e. The van der Waals surface area contributed by atoms with Gasteiger partial charge in [-0.3, -0.25) is 0 Å². The van der Waals surface area contributed by atoms with Gasteiger partial charge >= 0.3 is 0 Å². The molecule has 2 N–H and O–H groups in total. The average molecular weight is 246 g/mol. The second-order valence-electron chi connectivity index (χ2n) is 4.84. The van der Waals surface area contributed by atoms with Gasteiger partial charge in [-0.05, 0) is 49.9 Å². The highest BCUT2D eigenvalue weighted by molar-refractivity contribution is 5.32. The molecule has 0 heterocycles. The van der Waals surface area contributed by atoms with Crippen molar-refractivity contribution in [2.24, 2.45) is 5.92 Å². The first-order chi connectivity index (χ1) is 8.67. The zero-order valence-electron chi connectivity index (χ0n) is 11.2. The number of hydrogen-bond acceptors (Lipinski definition) is 3. The zero-order valence-corrected chi connectivity index (χ0v) is 11.2. The van der Waals surface area contributed by atoms with Gasteiger partial charge in [-0.25, -0.2) is 0 Å². The van der Waals surface area contributed by atoms with Gasteiger partial charge in [-0.2, -0.15) is 5.26 Å². The lowest BCUT2D eigenvalue weighted by atomic mass is 10.0. The van der Waals surface area contributed by atoms with E-state index in [1.165, 1.54) is 5.56 Å². The topological polar surface area (TPSA) is 56.0 Å². The van der Waals surface area contributed by atoms with Crippen LogP contribution in [0.2, 0.25) is 0 Å². The summed E-state index contributed by atoms with van der Waals surface area (Å²) in [6.45, 7) is 5.40. The van der Waals surface area contributed by atoms with E-state index in [1.807, 2.05) is 24.3 Å². The molecule has 2 unspecified atom stereocenters. The summed E-state index contributed by atoms with van der Waals surface area (Å²) in [5.41, 5.74) is 1.90. The number of nitrogens with one attached hydrogen (secondary N) is 1. The van der Waals surface area contributed by atoms with E-state index in [-0.39, 0.29) is 6.61 Å². The molecule has 0 amide bonds. The maximum Gasteiger partial charge on any atom is 0.0991 e. The standard InChI is InChI=1S/C15H22N2O/c1-12(11-18)4-3-9-17-13(2)15-7-5-14(10-16)6-8-15/h5-8,12-13,17-18H,3-4,9,11H2,1-2H3. The molecule has 0 aromatic heterocycles. The maximum atomic E-state index is 8.92. The Bertz CT molecular complexity index is 380. The lowest BCUT2D eigenvalue weighted by molar-refractivity contribution is 0.227. The summed E-state index contributed by atoms with van der Waals surface area (Å²) in [6, 6.07) is 10.1. The molecule has 0 bridgehead atoms. The minimum Gasteiger partial charge on any atom is -0.396 e. The molecule has 0 spiro atoms. The second-order valence-corrected chi connectivity index (χ2v) is 4.84. The summed E-state index contributed by atoms with van der Waals surface area (Å²) >= 11 is 0.